The van der Waals surface area contributed by atoms with Crippen molar-refractivity contribution in [1.29, 1.82) is 0 Å². The van der Waals surface area contributed by atoms with Gasteiger partial charge in [0.05, 0.1) is 24.4 Å². The SMILES string of the molecule is CCC1=C(C(C)(C)OCCOC)C=C(NC(=O)C(C)(C)N(C)C2CCOCC2)C2=CC=C2C1.[HH]. The molecule has 0 aromatic heterocycles. The van der Waals surface area contributed by atoms with Crippen LogP contribution in [-0.4, -0.2) is 68.6 Å². The van der Waals surface area contributed by atoms with Gasteiger partial charge in [-0.1, -0.05) is 24.6 Å². The second-order valence-corrected chi connectivity index (χ2v) is 10.2. The number of ether oxygens (including phenoxy) is 3. The number of hydrogen-bond donors (Lipinski definition) is 1. The summed E-state index contributed by atoms with van der Waals surface area (Å²) in [5.41, 5.74) is 4.62. The second kappa shape index (κ2) is 10.7. The quantitative estimate of drug-likeness (QED) is 0.485. The first-order valence-electron chi connectivity index (χ1n) is 12.2. The number of rotatable bonds is 10. The van der Waals surface area contributed by atoms with Gasteiger partial charge in [-0.05, 0) is 77.6 Å². The molecule has 6 nitrogen and oxygen atoms in total. The van der Waals surface area contributed by atoms with Crippen LogP contribution in [-0.2, 0) is 19.0 Å². The Morgan fingerprint density at radius 3 is 2.48 bits per heavy atom. The Hall–Kier alpha value is -1.73. The van der Waals surface area contributed by atoms with Crippen molar-refractivity contribution in [3.8, 4) is 0 Å². The molecule has 0 aromatic rings. The van der Waals surface area contributed by atoms with E-state index >= 15 is 0 Å². The van der Waals surface area contributed by atoms with Crippen LogP contribution in [0.25, 0.3) is 0 Å². The van der Waals surface area contributed by atoms with E-state index in [4.69, 9.17) is 14.2 Å². The first kappa shape index (κ1) is 25.9. The molecular weight excluding hydrogens is 416 g/mol. The van der Waals surface area contributed by atoms with E-state index in [0.717, 1.165) is 55.7 Å². The maximum absolute atomic E-state index is 13.6. The highest BCUT2D eigenvalue weighted by Gasteiger charge is 2.38. The van der Waals surface area contributed by atoms with E-state index in [1.165, 1.54) is 11.1 Å². The van der Waals surface area contributed by atoms with Crippen LogP contribution in [0.1, 0.15) is 61.7 Å². The summed E-state index contributed by atoms with van der Waals surface area (Å²) in [6, 6.07) is 0.344. The zero-order chi connectivity index (χ0) is 24.2. The zero-order valence-electron chi connectivity index (χ0n) is 21.5. The molecule has 1 fully saturated rings. The molecule has 33 heavy (non-hydrogen) atoms. The molecule has 0 spiro atoms. The average Bonchev–Trinajstić information content (AvgIpc) is 2.87. The van der Waals surface area contributed by atoms with Gasteiger partial charge in [0.1, 0.15) is 0 Å². The van der Waals surface area contributed by atoms with E-state index in [0.29, 0.717) is 19.3 Å². The number of allylic oxidation sites excluding steroid dienone is 4. The molecular formula is C27H44N2O4. The minimum atomic E-state index is -0.648. The highest BCUT2D eigenvalue weighted by atomic mass is 16.5. The van der Waals surface area contributed by atoms with Gasteiger partial charge in [-0.2, -0.15) is 0 Å². The number of nitrogens with zero attached hydrogens (tertiary/aromatic N) is 1. The Labute approximate surface area is 201 Å². The molecule has 6 heteroatoms. The summed E-state index contributed by atoms with van der Waals surface area (Å²) < 4.78 is 16.9. The lowest BCUT2D eigenvalue weighted by Crippen LogP contribution is -2.57. The number of likely N-dealkylation sites (N-methyl/N-ethyl adjacent to an activating group) is 1. The minimum Gasteiger partial charge on any atom is -0.382 e. The topological polar surface area (TPSA) is 60.0 Å². The summed E-state index contributed by atoms with van der Waals surface area (Å²) in [6.45, 7) is 13.0. The van der Waals surface area contributed by atoms with E-state index in [9.17, 15) is 4.79 Å². The molecule has 186 valence electrons. The lowest BCUT2D eigenvalue weighted by molar-refractivity contribution is -0.132. The molecule has 0 atom stereocenters. The molecule has 0 unspecified atom stereocenters. The Morgan fingerprint density at radius 2 is 1.91 bits per heavy atom. The standard InChI is InChI=1S/C27H42N2O4.H2/c1-8-19-17-20-9-10-22(20)24(18-23(19)27(4,5)33-16-15-31-7)28-25(30)26(2,3)29(6)21-11-13-32-14-12-21;/h9-10,18,21H,8,11-17H2,1-7H3,(H,28,30);1H. The highest BCUT2D eigenvalue weighted by molar-refractivity contribution is 5.88. The smallest absolute Gasteiger partial charge is 0.244 e. The average molecular weight is 461 g/mol. The summed E-state index contributed by atoms with van der Waals surface area (Å²) in [5.74, 6) is 0.00676. The summed E-state index contributed by atoms with van der Waals surface area (Å²) >= 11 is 0. The van der Waals surface area contributed by atoms with Crippen molar-refractivity contribution < 1.29 is 20.4 Å². The summed E-state index contributed by atoms with van der Waals surface area (Å²) in [5, 5.41) is 3.29. The Balaban J connectivity index is 0.00000408. The van der Waals surface area contributed by atoms with Crippen LogP contribution in [0.2, 0.25) is 0 Å². The van der Waals surface area contributed by atoms with Gasteiger partial charge < -0.3 is 19.5 Å². The Bertz CT molecular complexity index is 864. The third-order valence-electron chi connectivity index (χ3n) is 7.41. The fraction of sp³-hybridized carbons (Fsp3) is 0.667. The normalized spacial score (nSPS) is 19.9. The Morgan fingerprint density at radius 1 is 1.21 bits per heavy atom. The van der Waals surface area contributed by atoms with Gasteiger partial charge in [0.2, 0.25) is 5.91 Å². The van der Waals surface area contributed by atoms with E-state index in [-0.39, 0.29) is 7.33 Å². The van der Waals surface area contributed by atoms with Crippen LogP contribution < -0.4 is 5.32 Å². The maximum atomic E-state index is 13.6. The predicted molar refractivity (Wildman–Crippen MR) is 134 cm³/mol. The molecule has 3 aliphatic rings. The third kappa shape index (κ3) is 5.68. The van der Waals surface area contributed by atoms with Crippen molar-refractivity contribution in [3.63, 3.8) is 0 Å². The number of fused-ring (bicyclic) bond motifs is 1. The number of carbonyl (C=O) groups is 1. The van der Waals surface area contributed by atoms with Crippen LogP contribution >= 0.6 is 0 Å². The summed E-state index contributed by atoms with van der Waals surface area (Å²) in [4.78, 5) is 15.8. The van der Waals surface area contributed by atoms with Gasteiger partial charge in [0.25, 0.3) is 0 Å². The van der Waals surface area contributed by atoms with Crippen molar-refractivity contribution in [1.82, 2.24) is 10.2 Å². The summed E-state index contributed by atoms with van der Waals surface area (Å²) in [6.07, 6.45) is 10.1. The predicted octanol–water partition coefficient (Wildman–Crippen LogP) is 4.54. The van der Waals surface area contributed by atoms with Crippen molar-refractivity contribution in [2.24, 2.45) is 0 Å². The second-order valence-electron chi connectivity index (χ2n) is 10.2. The van der Waals surface area contributed by atoms with E-state index in [2.05, 4.69) is 56.3 Å². The molecule has 0 radical (unpaired) electrons. The van der Waals surface area contributed by atoms with Gasteiger partial charge in [0.15, 0.2) is 0 Å². The van der Waals surface area contributed by atoms with Crippen LogP contribution in [0, 0.1) is 0 Å². The van der Waals surface area contributed by atoms with Gasteiger partial charge in [-0.15, -0.1) is 0 Å². The lowest BCUT2D eigenvalue weighted by Gasteiger charge is -2.41. The molecule has 0 bridgehead atoms. The first-order chi connectivity index (χ1) is 15.6. The van der Waals surface area contributed by atoms with E-state index in [1.54, 1.807) is 7.11 Å². The molecule has 3 rings (SSSR count). The summed E-state index contributed by atoms with van der Waals surface area (Å²) in [7, 11) is 3.74. The number of carbonyl (C=O) groups excluding carboxylic acids is 1. The van der Waals surface area contributed by atoms with Crippen LogP contribution in [0.15, 0.2) is 46.2 Å². The van der Waals surface area contributed by atoms with Gasteiger partial charge >= 0.3 is 0 Å². The third-order valence-corrected chi connectivity index (χ3v) is 7.41. The fourth-order valence-corrected chi connectivity index (χ4v) is 4.79. The first-order valence-corrected chi connectivity index (χ1v) is 12.2. The maximum Gasteiger partial charge on any atom is 0.244 e. The van der Waals surface area contributed by atoms with Crippen molar-refractivity contribution in [2.45, 2.75) is 77.5 Å². The van der Waals surface area contributed by atoms with Gasteiger partial charge in [-0.3, -0.25) is 9.69 Å². The number of hydrogen-bond acceptors (Lipinski definition) is 5. The van der Waals surface area contributed by atoms with Crippen LogP contribution in [0.3, 0.4) is 0 Å². The van der Waals surface area contributed by atoms with Crippen molar-refractivity contribution >= 4 is 5.91 Å². The number of nitrogens with one attached hydrogen (secondary N) is 1. The molecule has 0 saturated carbocycles. The van der Waals surface area contributed by atoms with Crippen molar-refractivity contribution in [2.75, 3.05) is 40.6 Å². The molecule has 1 amide bonds. The number of methoxy groups -OCH3 is 1. The molecule has 0 aromatic carbocycles. The molecule has 2 aliphatic carbocycles. The van der Waals surface area contributed by atoms with E-state index < -0.39 is 11.1 Å². The van der Waals surface area contributed by atoms with Gasteiger partial charge in [-0.25, -0.2) is 0 Å². The van der Waals surface area contributed by atoms with E-state index in [1.807, 2.05) is 13.8 Å². The monoisotopic (exact) mass is 460 g/mol. The fourth-order valence-electron chi connectivity index (χ4n) is 4.79. The number of amides is 1. The lowest BCUT2D eigenvalue weighted by atomic mass is 9.87. The highest BCUT2D eigenvalue weighted by Crippen LogP contribution is 2.40. The van der Waals surface area contributed by atoms with Crippen LogP contribution in [0.5, 0.6) is 0 Å². The Kier molecular flexibility index (Phi) is 8.38. The molecule has 1 heterocycles. The largest absolute Gasteiger partial charge is 0.382 e. The molecule has 1 saturated heterocycles. The van der Waals surface area contributed by atoms with Crippen molar-refractivity contribution in [3.05, 3.63) is 46.2 Å². The molecule has 1 aliphatic heterocycles. The minimum absolute atomic E-state index is 0. The van der Waals surface area contributed by atoms with Crippen LogP contribution in [0.4, 0.5) is 0 Å². The van der Waals surface area contributed by atoms with Gasteiger partial charge in [0, 0.05) is 39.1 Å². The zero-order valence-corrected chi connectivity index (χ0v) is 21.5. The molecule has 1 N–H and O–H groups in total.